The fraction of sp³-hybridized carbons (Fsp3) is 0.479. The van der Waals surface area contributed by atoms with Crippen LogP contribution in [-0.4, -0.2) is 98.5 Å². The first-order valence-corrected chi connectivity index (χ1v) is 23.0. The summed E-state index contributed by atoms with van der Waals surface area (Å²) in [5.41, 5.74) is 8.89. The van der Waals surface area contributed by atoms with Crippen LogP contribution in [0.15, 0.2) is 97.8 Å². The zero-order valence-corrected chi connectivity index (χ0v) is 38.7. The largest absolute Gasteiger partial charge is 0.497 e. The van der Waals surface area contributed by atoms with Crippen LogP contribution in [0, 0.1) is 11.3 Å². The lowest BCUT2D eigenvalue weighted by atomic mass is 9.80. The number of anilines is 3. The van der Waals surface area contributed by atoms with Crippen LogP contribution >= 0.6 is 8.53 Å². The van der Waals surface area contributed by atoms with Crippen LogP contribution in [0.5, 0.6) is 11.5 Å². The highest BCUT2D eigenvalue weighted by atomic mass is 31.2. The van der Waals surface area contributed by atoms with E-state index in [9.17, 15) is 5.26 Å². The Kier molecular flexibility index (Phi) is 17.1. The maximum absolute atomic E-state index is 9.55. The number of ether oxygens (including phenoxy) is 5. The van der Waals surface area contributed by atoms with E-state index in [0.29, 0.717) is 18.3 Å². The van der Waals surface area contributed by atoms with Crippen molar-refractivity contribution in [3.63, 3.8) is 0 Å². The predicted octanol–water partition coefficient (Wildman–Crippen LogP) is 8.82. The fourth-order valence-electron chi connectivity index (χ4n) is 8.41. The van der Waals surface area contributed by atoms with Gasteiger partial charge < -0.3 is 48.3 Å². The molecule has 2 aliphatic rings. The first-order chi connectivity index (χ1) is 30.6. The summed E-state index contributed by atoms with van der Waals surface area (Å²) < 4.78 is 48.8. The van der Waals surface area contributed by atoms with Crippen LogP contribution in [0.1, 0.15) is 77.0 Å². The summed E-state index contributed by atoms with van der Waals surface area (Å²) in [6, 6.07) is 28.4. The summed E-state index contributed by atoms with van der Waals surface area (Å²) in [7, 11) is 1.56. The molecular weight excluding hydrogens is 818 g/mol. The van der Waals surface area contributed by atoms with Crippen molar-refractivity contribution in [3.05, 3.63) is 115 Å². The molecule has 4 aromatic rings. The van der Waals surface area contributed by atoms with E-state index in [-0.39, 0.29) is 38.3 Å². The Bertz CT molecular complexity index is 2020. The Morgan fingerprint density at radius 3 is 2.14 bits per heavy atom. The third kappa shape index (κ3) is 10.8. The molecule has 0 aliphatic carbocycles. The van der Waals surface area contributed by atoms with Crippen LogP contribution in [0.2, 0.25) is 0 Å². The van der Waals surface area contributed by atoms with Gasteiger partial charge in [0, 0.05) is 18.6 Å². The molecule has 0 radical (unpaired) electrons. The first kappa shape index (κ1) is 47.6. The van der Waals surface area contributed by atoms with Gasteiger partial charge in [0.15, 0.2) is 17.9 Å². The van der Waals surface area contributed by atoms with Crippen molar-refractivity contribution in [1.82, 2.24) is 14.6 Å². The lowest BCUT2D eigenvalue weighted by Crippen LogP contribution is -2.48. The lowest BCUT2D eigenvalue weighted by Gasteiger charge is -2.39. The Balaban J connectivity index is 1.49. The zero-order valence-electron chi connectivity index (χ0n) is 37.8. The van der Waals surface area contributed by atoms with Crippen LogP contribution in [0.4, 0.5) is 17.3 Å². The average molecular weight is 882 g/mol. The van der Waals surface area contributed by atoms with Crippen LogP contribution < -0.4 is 25.0 Å². The van der Waals surface area contributed by atoms with Gasteiger partial charge in [-0.15, -0.1) is 6.58 Å². The third-order valence-electron chi connectivity index (χ3n) is 11.3. The summed E-state index contributed by atoms with van der Waals surface area (Å²) in [6.07, 6.45) is 3.71. The average Bonchev–Trinajstić information content (AvgIpc) is 3.84. The molecule has 0 amide bonds. The Labute approximate surface area is 374 Å². The lowest BCUT2D eigenvalue weighted by molar-refractivity contribution is -0.0800. The molecule has 338 valence electrons. The van der Waals surface area contributed by atoms with Gasteiger partial charge in [0.1, 0.15) is 47.4 Å². The predicted molar refractivity (Wildman–Crippen MR) is 248 cm³/mol. The van der Waals surface area contributed by atoms with Crippen molar-refractivity contribution in [1.29, 1.82) is 5.26 Å². The van der Waals surface area contributed by atoms with E-state index in [1.807, 2.05) is 66.7 Å². The number of hydrogen-bond donors (Lipinski definition) is 1. The number of nitrogen functional groups attached to an aromatic ring is 1. The number of nitrogens with two attached hydrogens (primary N) is 1. The fourth-order valence-corrected chi connectivity index (χ4v) is 10.2. The minimum Gasteiger partial charge on any atom is -0.497 e. The molecule has 0 spiro atoms. The summed E-state index contributed by atoms with van der Waals surface area (Å²) >= 11 is 0. The molecule has 2 N–H and O–H groups in total. The third-order valence-corrected chi connectivity index (χ3v) is 13.4. The number of fused-ring (bicyclic) bond motifs is 1. The van der Waals surface area contributed by atoms with Crippen molar-refractivity contribution in [2.45, 2.75) is 103 Å². The second kappa shape index (κ2) is 22.7. The number of unbranched alkanes of at least 4 members (excludes halogenated alkanes) is 2. The van der Waals surface area contributed by atoms with Gasteiger partial charge in [-0.05, 0) is 75.1 Å². The Morgan fingerprint density at radius 2 is 1.57 bits per heavy atom. The molecule has 0 saturated carbocycles. The van der Waals surface area contributed by atoms with Gasteiger partial charge in [-0.25, -0.2) is 14.6 Å². The molecule has 14 nitrogen and oxygen atoms in total. The van der Waals surface area contributed by atoms with Crippen molar-refractivity contribution >= 4 is 25.8 Å². The molecule has 0 bridgehead atoms. The molecule has 1 fully saturated rings. The number of methoxy groups -OCH3 is 2. The molecule has 1 aromatic heterocycles. The zero-order chi connectivity index (χ0) is 44.9. The molecule has 1 saturated heterocycles. The molecular formula is C48H64N7O7P. The van der Waals surface area contributed by atoms with Crippen LogP contribution in [0.3, 0.4) is 0 Å². The number of nitrogens with zero attached hydrogens (tertiary/aromatic N) is 6. The first-order valence-electron chi connectivity index (χ1n) is 21.8. The minimum atomic E-state index is -1.74. The molecule has 3 aromatic carbocycles. The number of nitriles is 1. The van der Waals surface area contributed by atoms with E-state index in [0.717, 1.165) is 59.7 Å². The van der Waals surface area contributed by atoms with Gasteiger partial charge in [0.25, 0.3) is 8.53 Å². The SMILES string of the molecule is C=CCO[C@@H]1[C@H](OP(OCCC#N)N(C(C)C)C(C)C)[C@@H](COC(c2ccccc2)(c2ccc(OC)cc2)c2ccc(OC)cc2)O[C@H]1N1CN(CCCCC)c2c(N)ncnc21. The molecule has 5 atom stereocenters. The van der Waals surface area contributed by atoms with E-state index in [4.69, 9.17) is 43.4 Å². The molecule has 6 rings (SSSR count). The Morgan fingerprint density at radius 1 is 0.937 bits per heavy atom. The van der Waals surface area contributed by atoms with E-state index < -0.39 is 38.7 Å². The molecule has 1 unspecified atom stereocenters. The smallest absolute Gasteiger partial charge is 0.259 e. The number of rotatable bonds is 24. The topological polar surface area (TPSA) is 150 Å². The molecule has 3 heterocycles. The summed E-state index contributed by atoms with van der Waals surface area (Å²) in [5, 5.41) is 9.55. The molecule has 15 heteroatoms. The van der Waals surface area contributed by atoms with E-state index in [1.54, 1.807) is 20.3 Å². The standard InChI is InChI=1S/C48H64N7O7P/c1-9-11-15-28-53-33-54(46-42(53)45(50)51-32-52-46)47-44(58-29-10-2)43(62-63(60-30-16-27-49)55(34(3)4)35(5)6)41(61-47)31-59-48(36-17-13-12-14-18-36,37-19-23-39(56-7)24-20-37)38-21-25-40(57-8)26-22-38/h10,12-14,17-26,32,34-35,41,43-44,47H,2,9,11,15-16,28-31,33H2,1,3-8H3,(H2,50,51,52)/t41-,43-,44-,47-,63?/m1/s1. The second-order valence-corrected chi connectivity index (χ2v) is 17.5. The van der Waals surface area contributed by atoms with Gasteiger partial charge in [-0.1, -0.05) is 80.4 Å². The van der Waals surface area contributed by atoms with Crippen LogP contribution in [-0.2, 0) is 28.9 Å². The summed E-state index contributed by atoms with van der Waals surface area (Å²) in [5.74, 6) is 2.50. The number of benzene rings is 3. The van der Waals surface area contributed by atoms with Gasteiger partial charge in [0.05, 0.1) is 53.2 Å². The van der Waals surface area contributed by atoms with Crippen molar-refractivity contribution < 1.29 is 32.7 Å². The quantitative estimate of drug-likeness (QED) is 0.0309. The van der Waals surface area contributed by atoms with Gasteiger partial charge >= 0.3 is 0 Å². The number of aromatic nitrogens is 2. The molecule has 2 aliphatic heterocycles. The minimum absolute atomic E-state index is 0.0521. The highest BCUT2D eigenvalue weighted by molar-refractivity contribution is 7.44. The summed E-state index contributed by atoms with van der Waals surface area (Å²) in [4.78, 5) is 13.5. The second-order valence-electron chi connectivity index (χ2n) is 16.1. The van der Waals surface area contributed by atoms with E-state index in [1.165, 1.54) is 6.33 Å². The van der Waals surface area contributed by atoms with Gasteiger partial charge in [-0.3, -0.25) is 0 Å². The van der Waals surface area contributed by atoms with E-state index in [2.05, 4.69) is 78.9 Å². The van der Waals surface area contributed by atoms with Gasteiger partial charge in [-0.2, -0.15) is 5.26 Å². The number of hydrogen-bond acceptors (Lipinski definition) is 14. The monoisotopic (exact) mass is 881 g/mol. The van der Waals surface area contributed by atoms with Crippen molar-refractivity contribution in [2.75, 3.05) is 62.8 Å². The molecule has 63 heavy (non-hydrogen) atoms. The van der Waals surface area contributed by atoms with E-state index >= 15 is 0 Å². The van der Waals surface area contributed by atoms with Crippen molar-refractivity contribution in [2.24, 2.45) is 0 Å². The highest BCUT2D eigenvalue weighted by Crippen LogP contribution is 2.52. The van der Waals surface area contributed by atoms with Gasteiger partial charge in [0.2, 0.25) is 0 Å². The normalized spacial score (nSPS) is 19.1. The maximum atomic E-state index is 9.55. The van der Waals surface area contributed by atoms with Crippen molar-refractivity contribution in [3.8, 4) is 17.6 Å². The Hall–Kier alpha value is -4.84. The summed E-state index contributed by atoms with van der Waals surface area (Å²) in [6.45, 7) is 16.3. The van der Waals surface area contributed by atoms with Crippen LogP contribution in [0.25, 0.3) is 0 Å². The highest BCUT2D eigenvalue weighted by Gasteiger charge is 2.54. The maximum Gasteiger partial charge on any atom is 0.259 e.